The van der Waals surface area contributed by atoms with Crippen LogP contribution in [0.3, 0.4) is 0 Å². The van der Waals surface area contributed by atoms with Gasteiger partial charge < -0.3 is 5.32 Å². The number of hydrogen-bond acceptors (Lipinski definition) is 4. The molecule has 1 amide bonds. The zero-order valence-electron chi connectivity index (χ0n) is 12.1. The Morgan fingerprint density at radius 1 is 1.41 bits per heavy atom. The Balaban J connectivity index is 1.63. The van der Waals surface area contributed by atoms with Crippen molar-refractivity contribution in [1.29, 1.82) is 0 Å². The molecule has 0 aliphatic rings. The van der Waals surface area contributed by atoms with E-state index in [1.165, 1.54) is 23.5 Å². The molecule has 2 rings (SSSR count). The Bertz CT molecular complexity index is 631. The summed E-state index contributed by atoms with van der Waals surface area (Å²) in [6.45, 7) is 2.47. The van der Waals surface area contributed by atoms with Crippen molar-refractivity contribution < 1.29 is 9.18 Å². The van der Waals surface area contributed by atoms with Gasteiger partial charge in [-0.3, -0.25) is 4.79 Å². The molecule has 0 bridgehead atoms. The van der Waals surface area contributed by atoms with Gasteiger partial charge in [-0.15, -0.1) is 23.1 Å². The molecule has 1 N–H and O–H groups in total. The molecule has 0 fully saturated rings. The molecule has 0 spiro atoms. The van der Waals surface area contributed by atoms with E-state index in [4.69, 9.17) is 11.6 Å². The topological polar surface area (TPSA) is 42.0 Å². The molecule has 0 unspecified atom stereocenters. The molecule has 0 atom stereocenters. The van der Waals surface area contributed by atoms with Gasteiger partial charge in [0, 0.05) is 17.2 Å². The average molecular weight is 359 g/mol. The Morgan fingerprint density at radius 2 is 2.14 bits per heavy atom. The van der Waals surface area contributed by atoms with Gasteiger partial charge >= 0.3 is 0 Å². The van der Waals surface area contributed by atoms with Crippen LogP contribution in [-0.4, -0.2) is 23.2 Å². The summed E-state index contributed by atoms with van der Waals surface area (Å²) in [7, 11) is 0. The lowest BCUT2D eigenvalue weighted by molar-refractivity contribution is -0.118. The molecule has 0 saturated heterocycles. The predicted molar refractivity (Wildman–Crippen MR) is 91.1 cm³/mol. The van der Waals surface area contributed by atoms with Gasteiger partial charge in [-0.2, -0.15) is 0 Å². The number of amides is 1. The second kappa shape index (κ2) is 8.50. The molecule has 1 aromatic heterocycles. The maximum atomic E-state index is 12.8. The van der Waals surface area contributed by atoms with Crippen LogP contribution < -0.4 is 5.32 Å². The van der Waals surface area contributed by atoms with E-state index in [2.05, 4.69) is 10.3 Å². The van der Waals surface area contributed by atoms with E-state index in [9.17, 15) is 9.18 Å². The first-order valence-electron chi connectivity index (χ1n) is 6.75. The first-order chi connectivity index (χ1) is 10.5. The summed E-state index contributed by atoms with van der Waals surface area (Å²) in [6, 6.07) is 6.31. The summed E-state index contributed by atoms with van der Waals surface area (Å²) < 4.78 is 13.3. The molecular weight excluding hydrogens is 343 g/mol. The maximum Gasteiger partial charge on any atom is 0.230 e. The fourth-order valence-electron chi connectivity index (χ4n) is 1.81. The third-order valence-corrected chi connectivity index (χ3v) is 5.39. The van der Waals surface area contributed by atoms with Gasteiger partial charge in [0.1, 0.15) is 5.82 Å². The highest BCUT2D eigenvalue weighted by Gasteiger charge is 2.07. The lowest BCUT2D eigenvalue weighted by Crippen LogP contribution is -2.27. The summed E-state index contributed by atoms with van der Waals surface area (Å²) in [5, 5.41) is 2.86. The minimum atomic E-state index is -0.248. The predicted octanol–water partition coefficient (Wildman–Crippen LogP) is 3.84. The number of nitrogens with zero attached hydrogens (tertiary/aromatic N) is 1. The Labute approximate surface area is 142 Å². The van der Waals surface area contributed by atoms with Gasteiger partial charge in [-0.1, -0.05) is 23.7 Å². The largest absolute Gasteiger partial charge is 0.355 e. The SMILES string of the molecule is Cc1nc(Cl)sc1CSCC(=O)NCCc1ccc(F)cc1. The highest BCUT2D eigenvalue weighted by molar-refractivity contribution is 7.99. The molecule has 118 valence electrons. The van der Waals surface area contributed by atoms with E-state index in [0.717, 1.165) is 21.9 Å². The molecule has 1 heterocycles. The number of carbonyl (C=O) groups excluding carboxylic acids is 1. The Hall–Kier alpha value is -1.11. The van der Waals surface area contributed by atoms with E-state index in [-0.39, 0.29) is 11.7 Å². The quantitative estimate of drug-likeness (QED) is 0.817. The number of thioether (sulfide) groups is 1. The van der Waals surface area contributed by atoms with E-state index in [1.807, 2.05) is 6.92 Å². The Kier molecular flexibility index (Phi) is 6.67. The zero-order chi connectivity index (χ0) is 15.9. The molecule has 22 heavy (non-hydrogen) atoms. The van der Waals surface area contributed by atoms with E-state index in [0.29, 0.717) is 23.2 Å². The summed E-state index contributed by atoms with van der Waals surface area (Å²) in [5.41, 5.74) is 1.93. The van der Waals surface area contributed by atoms with Crippen LogP contribution in [0.5, 0.6) is 0 Å². The first kappa shape index (κ1) is 17.2. The normalized spacial score (nSPS) is 10.7. The number of nitrogens with one attached hydrogen (secondary N) is 1. The number of thiazole rings is 1. The van der Waals surface area contributed by atoms with Crippen LogP contribution in [0.1, 0.15) is 16.1 Å². The Morgan fingerprint density at radius 3 is 2.77 bits per heavy atom. The van der Waals surface area contributed by atoms with Gasteiger partial charge in [0.25, 0.3) is 0 Å². The number of halogens is 2. The first-order valence-corrected chi connectivity index (χ1v) is 9.10. The van der Waals surface area contributed by atoms with Crippen LogP contribution in [-0.2, 0) is 17.0 Å². The van der Waals surface area contributed by atoms with E-state index < -0.39 is 0 Å². The fourth-order valence-corrected chi connectivity index (χ4v) is 4.07. The van der Waals surface area contributed by atoms with Crippen molar-refractivity contribution in [3.63, 3.8) is 0 Å². The summed E-state index contributed by atoms with van der Waals surface area (Å²) in [5.74, 6) is 0.892. The summed E-state index contributed by atoms with van der Waals surface area (Å²) in [4.78, 5) is 17.0. The molecular formula is C15H16ClFN2OS2. The minimum Gasteiger partial charge on any atom is -0.355 e. The third-order valence-electron chi connectivity index (χ3n) is 2.98. The lowest BCUT2D eigenvalue weighted by Gasteiger charge is -2.05. The van der Waals surface area contributed by atoms with Crippen molar-refractivity contribution in [3.05, 3.63) is 50.7 Å². The van der Waals surface area contributed by atoms with E-state index >= 15 is 0 Å². The second-order valence-corrected chi connectivity index (χ2v) is 7.35. The number of aromatic nitrogens is 1. The van der Waals surface area contributed by atoms with Crippen LogP contribution in [0.25, 0.3) is 0 Å². The highest BCUT2D eigenvalue weighted by Crippen LogP contribution is 2.25. The van der Waals surface area contributed by atoms with Gasteiger partial charge in [0.15, 0.2) is 4.47 Å². The van der Waals surface area contributed by atoms with Gasteiger partial charge in [0.05, 0.1) is 11.4 Å². The maximum absolute atomic E-state index is 12.8. The molecule has 2 aromatic rings. The van der Waals surface area contributed by atoms with Gasteiger partial charge in [0.2, 0.25) is 5.91 Å². The van der Waals surface area contributed by atoms with Crippen molar-refractivity contribution in [3.8, 4) is 0 Å². The van der Waals surface area contributed by atoms with Crippen molar-refractivity contribution in [2.75, 3.05) is 12.3 Å². The molecule has 0 saturated carbocycles. The van der Waals surface area contributed by atoms with Crippen molar-refractivity contribution in [1.82, 2.24) is 10.3 Å². The fraction of sp³-hybridized carbons (Fsp3) is 0.333. The van der Waals surface area contributed by atoms with Crippen molar-refractivity contribution in [2.45, 2.75) is 19.1 Å². The van der Waals surface area contributed by atoms with Crippen LogP contribution in [0.15, 0.2) is 24.3 Å². The van der Waals surface area contributed by atoms with Crippen LogP contribution in [0.4, 0.5) is 4.39 Å². The molecule has 0 aliphatic heterocycles. The van der Waals surface area contributed by atoms with Gasteiger partial charge in [-0.05, 0) is 31.0 Å². The molecule has 1 aromatic carbocycles. The number of carbonyl (C=O) groups is 1. The van der Waals surface area contributed by atoms with Crippen molar-refractivity contribution >= 4 is 40.6 Å². The second-order valence-electron chi connectivity index (χ2n) is 4.69. The molecule has 7 heteroatoms. The third kappa shape index (κ3) is 5.59. The average Bonchev–Trinajstić information content (AvgIpc) is 2.79. The van der Waals surface area contributed by atoms with Crippen LogP contribution in [0.2, 0.25) is 4.47 Å². The monoisotopic (exact) mass is 358 g/mol. The summed E-state index contributed by atoms with van der Waals surface area (Å²) >= 11 is 8.83. The van der Waals surface area contributed by atoms with Crippen molar-refractivity contribution in [2.24, 2.45) is 0 Å². The van der Waals surface area contributed by atoms with Gasteiger partial charge in [-0.25, -0.2) is 9.37 Å². The number of aryl methyl sites for hydroxylation is 1. The number of rotatable bonds is 7. The molecule has 0 radical (unpaired) electrons. The standard InChI is InChI=1S/C15H16ClFN2OS2/c1-10-13(22-15(16)19-10)8-21-9-14(20)18-7-6-11-2-4-12(17)5-3-11/h2-5H,6-9H2,1H3,(H,18,20). The van der Waals surface area contributed by atoms with E-state index in [1.54, 1.807) is 23.9 Å². The van der Waals surface area contributed by atoms with Crippen LogP contribution in [0, 0.1) is 12.7 Å². The summed E-state index contributed by atoms with van der Waals surface area (Å²) in [6.07, 6.45) is 0.695. The lowest BCUT2D eigenvalue weighted by atomic mass is 10.1. The number of hydrogen-bond donors (Lipinski definition) is 1. The highest BCUT2D eigenvalue weighted by atomic mass is 35.5. The molecule has 0 aliphatic carbocycles. The zero-order valence-corrected chi connectivity index (χ0v) is 14.5. The smallest absolute Gasteiger partial charge is 0.230 e. The molecule has 3 nitrogen and oxygen atoms in total. The number of benzene rings is 1. The van der Waals surface area contributed by atoms with Crippen LogP contribution >= 0.6 is 34.7 Å². The minimum absolute atomic E-state index is 0.000349.